The predicted molar refractivity (Wildman–Crippen MR) is 112 cm³/mol. The molecule has 154 valence electrons. The number of anilines is 1. The van der Waals surface area contributed by atoms with Gasteiger partial charge in [-0.15, -0.1) is 22.0 Å². The van der Waals surface area contributed by atoms with E-state index in [-0.39, 0.29) is 29.7 Å². The molecule has 0 atom stereocenters. The normalized spacial score (nSPS) is 13.2. The SMILES string of the molecule is NC(=O)CCc1nnc(SCC(=O)Nc2ccccc2SCC(N)=O)n1C1CC1. The second-order valence-electron chi connectivity index (χ2n) is 6.55. The quantitative estimate of drug-likeness (QED) is 0.452. The first kappa shape index (κ1) is 21.2. The largest absolute Gasteiger partial charge is 0.370 e. The number of para-hydroxylation sites is 1. The van der Waals surface area contributed by atoms with E-state index in [4.69, 9.17) is 11.5 Å². The van der Waals surface area contributed by atoms with Crippen molar-refractivity contribution in [1.29, 1.82) is 0 Å². The number of aryl methyl sites for hydroxylation is 1. The number of amides is 3. The van der Waals surface area contributed by atoms with Crippen LogP contribution in [0.2, 0.25) is 0 Å². The average Bonchev–Trinajstić information content (AvgIpc) is 3.44. The van der Waals surface area contributed by atoms with Crippen LogP contribution in [0.1, 0.15) is 31.1 Å². The fraction of sp³-hybridized carbons (Fsp3) is 0.389. The zero-order valence-electron chi connectivity index (χ0n) is 15.7. The number of hydrogen-bond acceptors (Lipinski definition) is 7. The van der Waals surface area contributed by atoms with Crippen LogP contribution in [0.5, 0.6) is 0 Å². The summed E-state index contributed by atoms with van der Waals surface area (Å²) in [6.07, 6.45) is 2.73. The summed E-state index contributed by atoms with van der Waals surface area (Å²) in [5.74, 6) is 0.0407. The maximum atomic E-state index is 12.4. The molecule has 29 heavy (non-hydrogen) atoms. The lowest BCUT2D eigenvalue weighted by Crippen LogP contribution is -2.16. The molecule has 0 radical (unpaired) electrons. The van der Waals surface area contributed by atoms with Gasteiger partial charge < -0.3 is 21.4 Å². The van der Waals surface area contributed by atoms with Crippen molar-refractivity contribution in [3.8, 4) is 0 Å². The third kappa shape index (κ3) is 6.23. The number of nitrogens with one attached hydrogen (secondary N) is 1. The van der Waals surface area contributed by atoms with Gasteiger partial charge >= 0.3 is 0 Å². The Hall–Kier alpha value is -2.53. The molecule has 5 N–H and O–H groups in total. The molecule has 3 rings (SSSR count). The van der Waals surface area contributed by atoms with Gasteiger partial charge in [0, 0.05) is 23.8 Å². The Labute approximate surface area is 176 Å². The number of benzene rings is 1. The summed E-state index contributed by atoms with van der Waals surface area (Å²) >= 11 is 2.58. The van der Waals surface area contributed by atoms with Gasteiger partial charge in [0.2, 0.25) is 17.7 Å². The first-order chi connectivity index (χ1) is 13.9. The number of aromatic nitrogens is 3. The summed E-state index contributed by atoms with van der Waals surface area (Å²) < 4.78 is 2.01. The van der Waals surface area contributed by atoms with Gasteiger partial charge in [0.15, 0.2) is 5.16 Å². The molecule has 1 aromatic carbocycles. The van der Waals surface area contributed by atoms with E-state index in [9.17, 15) is 14.4 Å². The van der Waals surface area contributed by atoms with Crippen LogP contribution in [-0.2, 0) is 20.8 Å². The Kier molecular flexibility index (Phi) is 7.15. The molecule has 1 fully saturated rings. The third-order valence-corrected chi connectivity index (χ3v) is 6.14. The van der Waals surface area contributed by atoms with E-state index in [0.29, 0.717) is 23.3 Å². The number of primary amides is 2. The minimum atomic E-state index is -0.418. The highest BCUT2D eigenvalue weighted by molar-refractivity contribution is 8.00. The Morgan fingerprint density at radius 3 is 2.52 bits per heavy atom. The molecule has 11 heteroatoms. The molecule has 1 aliphatic rings. The van der Waals surface area contributed by atoms with E-state index < -0.39 is 5.91 Å². The lowest BCUT2D eigenvalue weighted by molar-refractivity contribution is -0.118. The number of thioether (sulfide) groups is 2. The van der Waals surface area contributed by atoms with Crippen molar-refractivity contribution in [3.05, 3.63) is 30.1 Å². The minimum Gasteiger partial charge on any atom is -0.370 e. The maximum absolute atomic E-state index is 12.4. The van der Waals surface area contributed by atoms with E-state index >= 15 is 0 Å². The van der Waals surface area contributed by atoms with E-state index in [1.807, 2.05) is 22.8 Å². The summed E-state index contributed by atoms with van der Waals surface area (Å²) in [6.45, 7) is 0. The van der Waals surface area contributed by atoms with Gasteiger partial charge in [0.05, 0.1) is 17.2 Å². The van der Waals surface area contributed by atoms with Crippen molar-refractivity contribution in [2.75, 3.05) is 16.8 Å². The van der Waals surface area contributed by atoms with Crippen molar-refractivity contribution in [2.45, 2.75) is 41.8 Å². The highest BCUT2D eigenvalue weighted by atomic mass is 32.2. The third-order valence-electron chi connectivity index (χ3n) is 4.11. The smallest absolute Gasteiger partial charge is 0.234 e. The van der Waals surface area contributed by atoms with Gasteiger partial charge in [-0.3, -0.25) is 14.4 Å². The molecule has 0 saturated heterocycles. The Bertz CT molecular complexity index is 913. The van der Waals surface area contributed by atoms with E-state index in [1.54, 1.807) is 6.07 Å². The topological polar surface area (TPSA) is 146 Å². The molecule has 9 nitrogen and oxygen atoms in total. The zero-order chi connectivity index (χ0) is 20.8. The lowest BCUT2D eigenvalue weighted by Gasteiger charge is -2.11. The molecule has 1 saturated carbocycles. The Morgan fingerprint density at radius 2 is 1.83 bits per heavy atom. The highest BCUT2D eigenvalue weighted by Gasteiger charge is 2.29. The van der Waals surface area contributed by atoms with Crippen LogP contribution in [-0.4, -0.2) is 44.0 Å². The average molecular weight is 435 g/mol. The van der Waals surface area contributed by atoms with Crippen LogP contribution in [0.4, 0.5) is 5.69 Å². The number of carbonyl (C=O) groups is 3. The summed E-state index contributed by atoms with van der Waals surface area (Å²) in [5.41, 5.74) is 11.1. The molecular formula is C18H22N6O3S2. The van der Waals surface area contributed by atoms with Crippen molar-refractivity contribution >= 4 is 46.9 Å². The molecule has 0 unspecified atom stereocenters. The van der Waals surface area contributed by atoms with E-state index in [0.717, 1.165) is 23.6 Å². The van der Waals surface area contributed by atoms with Crippen LogP contribution in [0, 0.1) is 0 Å². The van der Waals surface area contributed by atoms with Crippen LogP contribution in [0.3, 0.4) is 0 Å². The van der Waals surface area contributed by atoms with Crippen molar-refractivity contribution in [3.63, 3.8) is 0 Å². The first-order valence-electron chi connectivity index (χ1n) is 9.09. The Morgan fingerprint density at radius 1 is 1.07 bits per heavy atom. The molecule has 0 aliphatic heterocycles. The summed E-state index contributed by atoms with van der Waals surface area (Å²) in [4.78, 5) is 35.3. The van der Waals surface area contributed by atoms with Crippen molar-refractivity contribution in [1.82, 2.24) is 14.8 Å². The van der Waals surface area contributed by atoms with Crippen LogP contribution in [0.15, 0.2) is 34.3 Å². The fourth-order valence-corrected chi connectivity index (χ4v) is 4.24. The number of nitrogens with zero attached hydrogens (tertiary/aromatic N) is 3. The highest BCUT2D eigenvalue weighted by Crippen LogP contribution is 2.39. The summed E-state index contributed by atoms with van der Waals surface area (Å²) in [6, 6.07) is 7.57. The van der Waals surface area contributed by atoms with Gasteiger partial charge in [-0.25, -0.2) is 0 Å². The number of carbonyl (C=O) groups excluding carboxylic acids is 3. The zero-order valence-corrected chi connectivity index (χ0v) is 17.3. The van der Waals surface area contributed by atoms with Gasteiger partial charge in [-0.2, -0.15) is 0 Å². The molecule has 1 heterocycles. The number of rotatable bonds is 11. The second-order valence-corrected chi connectivity index (χ2v) is 8.51. The standard InChI is InChI=1S/C18H22N6O3S2/c19-14(25)7-8-16-22-23-18(24(16)11-5-6-11)29-10-17(27)21-12-3-1-2-4-13(12)28-9-15(20)26/h1-4,11H,5-10H2,(H2,19,25)(H2,20,26)(H,21,27). The molecule has 3 amide bonds. The van der Waals surface area contributed by atoms with Gasteiger partial charge in [0.25, 0.3) is 0 Å². The number of nitrogens with two attached hydrogens (primary N) is 2. The monoisotopic (exact) mass is 434 g/mol. The molecule has 1 aliphatic carbocycles. The predicted octanol–water partition coefficient (Wildman–Crippen LogP) is 1.34. The molecule has 1 aromatic heterocycles. The second kappa shape index (κ2) is 9.79. The van der Waals surface area contributed by atoms with Crippen LogP contribution < -0.4 is 16.8 Å². The van der Waals surface area contributed by atoms with Gasteiger partial charge in [-0.1, -0.05) is 23.9 Å². The van der Waals surface area contributed by atoms with Crippen LogP contribution >= 0.6 is 23.5 Å². The maximum Gasteiger partial charge on any atom is 0.234 e. The van der Waals surface area contributed by atoms with E-state index in [1.165, 1.54) is 23.5 Å². The molecular weight excluding hydrogens is 412 g/mol. The van der Waals surface area contributed by atoms with Crippen molar-refractivity contribution < 1.29 is 14.4 Å². The van der Waals surface area contributed by atoms with Crippen LogP contribution in [0.25, 0.3) is 0 Å². The molecule has 0 bridgehead atoms. The fourth-order valence-electron chi connectivity index (χ4n) is 2.67. The van der Waals surface area contributed by atoms with E-state index in [2.05, 4.69) is 15.5 Å². The summed E-state index contributed by atoms with van der Waals surface area (Å²) in [5, 5.41) is 11.9. The molecule has 0 spiro atoms. The molecule has 2 aromatic rings. The lowest BCUT2D eigenvalue weighted by atomic mass is 10.3. The minimum absolute atomic E-state index is 0.139. The van der Waals surface area contributed by atoms with Gasteiger partial charge in [0.1, 0.15) is 5.82 Å². The van der Waals surface area contributed by atoms with Crippen molar-refractivity contribution in [2.24, 2.45) is 11.5 Å². The summed E-state index contributed by atoms with van der Waals surface area (Å²) in [7, 11) is 0. The Balaban J connectivity index is 1.60. The number of hydrogen-bond donors (Lipinski definition) is 3. The first-order valence-corrected chi connectivity index (χ1v) is 11.1. The van der Waals surface area contributed by atoms with Gasteiger partial charge in [-0.05, 0) is 25.0 Å².